The summed E-state index contributed by atoms with van der Waals surface area (Å²) in [6, 6.07) is 14.7. The van der Waals surface area contributed by atoms with E-state index in [0.717, 1.165) is 0 Å². The zero-order valence-electron chi connectivity index (χ0n) is 15.5. The zero-order valence-corrected chi connectivity index (χ0v) is 17.9. The minimum atomic E-state index is -0.546. The SMILES string of the molecule is N#Cc1cc([N+](=O)[O-])ccc1Sc1nnc(-c2ccc(Cl)cc2Cl)n1Cc1ccco1. The average molecular weight is 472 g/mol. The molecule has 2 aromatic carbocycles. The largest absolute Gasteiger partial charge is 0.467 e. The number of benzene rings is 2. The predicted octanol–water partition coefficient (Wildman–Crippen LogP) is 5.82. The summed E-state index contributed by atoms with van der Waals surface area (Å²) in [5.74, 6) is 1.15. The van der Waals surface area contributed by atoms with Crippen molar-refractivity contribution in [1.82, 2.24) is 14.8 Å². The minimum Gasteiger partial charge on any atom is -0.467 e. The van der Waals surface area contributed by atoms with E-state index in [2.05, 4.69) is 10.2 Å². The van der Waals surface area contributed by atoms with E-state index in [-0.39, 0.29) is 11.3 Å². The quantitative estimate of drug-likeness (QED) is 0.257. The molecule has 0 radical (unpaired) electrons. The molecule has 0 fully saturated rings. The molecule has 0 aliphatic rings. The summed E-state index contributed by atoms with van der Waals surface area (Å²) in [6.07, 6.45) is 1.56. The van der Waals surface area contributed by atoms with Crippen molar-refractivity contribution >= 4 is 40.7 Å². The lowest BCUT2D eigenvalue weighted by Crippen LogP contribution is -2.04. The molecule has 154 valence electrons. The smallest absolute Gasteiger partial charge is 0.270 e. The summed E-state index contributed by atoms with van der Waals surface area (Å²) in [4.78, 5) is 11.0. The van der Waals surface area contributed by atoms with Gasteiger partial charge in [-0.25, -0.2) is 0 Å². The predicted molar refractivity (Wildman–Crippen MR) is 115 cm³/mol. The van der Waals surface area contributed by atoms with Crippen LogP contribution in [0.1, 0.15) is 11.3 Å². The molecule has 2 heterocycles. The summed E-state index contributed by atoms with van der Waals surface area (Å²) < 4.78 is 7.27. The Labute approximate surface area is 190 Å². The number of nitriles is 1. The number of furan rings is 1. The van der Waals surface area contributed by atoms with Gasteiger partial charge in [-0.1, -0.05) is 23.2 Å². The molecule has 0 aliphatic heterocycles. The molecule has 0 spiro atoms. The zero-order chi connectivity index (χ0) is 22.0. The Morgan fingerprint density at radius 1 is 1.19 bits per heavy atom. The summed E-state index contributed by atoms with van der Waals surface area (Å²) in [6.45, 7) is 0.311. The molecular weight excluding hydrogens is 461 g/mol. The van der Waals surface area contributed by atoms with Gasteiger partial charge >= 0.3 is 0 Å². The summed E-state index contributed by atoms with van der Waals surface area (Å²) >= 11 is 13.6. The lowest BCUT2D eigenvalue weighted by molar-refractivity contribution is -0.384. The van der Waals surface area contributed by atoms with Crippen molar-refractivity contribution in [2.45, 2.75) is 16.6 Å². The van der Waals surface area contributed by atoms with E-state index in [9.17, 15) is 15.4 Å². The van der Waals surface area contributed by atoms with Gasteiger partial charge in [-0.3, -0.25) is 14.7 Å². The summed E-state index contributed by atoms with van der Waals surface area (Å²) in [7, 11) is 0. The maximum Gasteiger partial charge on any atom is 0.270 e. The van der Waals surface area contributed by atoms with E-state index >= 15 is 0 Å². The molecule has 4 rings (SSSR count). The van der Waals surface area contributed by atoms with Crippen LogP contribution in [0.15, 0.2) is 69.3 Å². The first kappa shape index (κ1) is 20.9. The second-order valence-corrected chi connectivity index (χ2v) is 8.10. The number of hydrogen-bond donors (Lipinski definition) is 0. The fraction of sp³-hybridized carbons (Fsp3) is 0.0500. The van der Waals surface area contributed by atoms with Crippen molar-refractivity contribution in [3.63, 3.8) is 0 Å². The number of hydrogen-bond acceptors (Lipinski definition) is 7. The Hall–Kier alpha value is -3.32. The first-order valence-corrected chi connectivity index (χ1v) is 10.3. The van der Waals surface area contributed by atoms with Crippen LogP contribution < -0.4 is 0 Å². The van der Waals surface area contributed by atoms with Crippen LogP contribution in [-0.4, -0.2) is 19.7 Å². The third-order valence-electron chi connectivity index (χ3n) is 4.28. The maximum atomic E-state index is 11.0. The molecule has 0 saturated heterocycles. The van der Waals surface area contributed by atoms with Crippen molar-refractivity contribution in [2.24, 2.45) is 0 Å². The van der Waals surface area contributed by atoms with Crippen LogP contribution in [0, 0.1) is 21.4 Å². The molecular formula is C20H11Cl2N5O3S. The van der Waals surface area contributed by atoms with Gasteiger partial charge in [0.25, 0.3) is 5.69 Å². The Morgan fingerprint density at radius 3 is 2.71 bits per heavy atom. The number of rotatable bonds is 6. The molecule has 11 heteroatoms. The van der Waals surface area contributed by atoms with Crippen LogP contribution in [0.4, 0.5) is 5.69 Å². The lowest BCUT2D eigenvalue weighted by atomic mass is 10.2. The standard InChI is InChI=1S/C20H11Cl2N5O3S/c21-13-3-5-16(17(22)9-13)19-24-25-20(26(19)11-15-2-1-7-30-15)31-18-6-4-14(27(28)29)8-12(18)10-23/h1-9H,11H2. The number of halogens is 2. The Balaban J connectivity index is 1.79. The molecule has 4 aromatic rings. The third-order valence-corrected chi connectivity index (χ3v) is 5.89. The monoisotopic (exact) mass is 471 g/mol. The second kappa shape index (κ2) is 8.81. The molecule has 2 aromatic heterocycles. The second-order valence-electron chi connectivity index (χ2n) is 6.25. The van der Waals surface area contributed by atoms with E-state index in [1.54, 1.807) is 35.1 Å². The third kappa shape index (κ3) is 4.41. The van der Waals surface area contributed by atoms with Crippen LogP contribution in [0.25, 0.3) is 11.4 Å². The molecule has 0 amide bonds. The van der Waals surface area contributed by atoms with E-state index in [1.807, 2.05) is 12.1 Å². The van der Waals surface area contributed by atoms with Crippen LogP contribution in [0.2, 0.25) is 10.0 Å². The Kier molecular flexibility index (Phi) is 5.95. The van der Waals surface area contributed by atoms with Crippen molar-refractivity contribution in [1.29, 1.82) is 5.26 Å². The highest BCUT2D eigenvalue weighted by molar-refractivity contribution is 7.99. The Bertz CT molecular complexity index is 1320. The van der Waals surface area contributed by atoms with Crippen molar-refractivity contribution in [3.05, 3.63) is 86.3 Å². The number of non-ortho nitro benzene ring substituents is 1. The fourth-order valence-corrected chi connectivity index (χ4v) is 4.22. The molecule has 0 aliphatic carbocycles. The van der Waals surface area contributed by atoms with Gasteiger partial charge in [-0.2, -0.15) is 5.26 Å². The first-order valence-electron chi connectivity index (χ1n) is 8.73. The molecule has 31 heavy (non-hydrogen) atoms. The molecule has 0 atom stereocenters. The molecule has 0 unspecified atom stereocenters. The topological polar surface area (TPSA) is 111 Å². The highest BCUT2D eigenvalue weighted by Gasteiger charge is 2.20. The number of nitro benzene ring substituents is 1. The first-order chi connectivity index (χ1) is 15.0. The normalized spacial score (nSPS) is 10.7. The van der Waals surface area contributed by atoms with Gasteiger partial charge in [0.15, 0.2) is 11.0 Å². The van der Waals surface area contributed by atoms with Crippen LogP contribution in [0.5, 0.6) is 0 Å². The van der Waals surface area contributed by atoms with E-state index in [0.29, 0.717) is 43.8 Å². The van der Waals surface area contributed by atoms with Gasteiger partial charge in [0.05, 0.1) is 28.3 Å². The van der Waals surface area contributed by atoms with E-state index in [1.165, 1.54) is 30.0 Å². The molecule has 0 bridgehead atoms. The van der Waals surface area contributed by atoms with E-state index < -0.39 is 4.92 Å². The number of nitro groups is 1. The lowest BCUT2D eigenvalue weighted by Gasteiger charge is -2.10. The highest BCUT2D eigenvalue weighted by atomic mass is 35.5. The van der Waals surface area contributed by atoms with Gasteiger partial charge in [0.1, 0.15) is 11.8 Å². The van der Waals surface area contributed by atoms with Gasteiger partial charge in [-0.05, 0) is 48.2 Å². The van der Waals surface area contributed by atoms with Gasteiger partial charge in [-0.15, -0.1) is 10.2 Å². The van der Waals surface area contributed by atoms with Gasteiger partial charge in [0.2, 0.25) is 0 Å². The van der Waals surface area contributed by atoms with Crippen molar-refractivity contribution < 1.29 is 9.34 Å². The summed E-state index contributed by atoms with van der Waals surface area (Å²) in [5, 5.41) is 30.4. The minimum absolute atomic E-state index is 0.161. The van der Waals surface area contributed by atoms with Crippen LogP contribution in [-0.2, 0) is 6.54 Å². The number of nitrogens with zero attached hydrogens (tertiary/aromatic N) is 5. The van der Waals surface area contributed by atoms with Gasteiger partial charge < -0.3 is 4.42 Å². The fourth-order valence-electron chi connectivity index (χ4n) is 2.84. The molecule has 0 saturated carbocycles. The maximum absolute atomic E-state index is 11.0. The van der Waals surface area contributed by atoms with Gasteiger partial charge in [0, 0.05) is 27.6 Å². The molecule has 0 N–H and O–H groups in total. The van der Waals surface area contributed by atoms with Crippen LogP contribution in [0.3, 0.4) is 0 Å². The number of aromatic nitrogens is 3. The van der Waals surface area contributed by atoms with E-state index in [4.69, 9.17) is 27.6 Å². The Morgan fingerprint density at radius 2 is 2.03 bits per heavy atom. The average Bonchev–Trinajstić information content (AvgIpc) is 3.39. The van der Waals surface area contributed by atoms with Crippen molar-refractivity contribution in [2.75, 3.05) is 0 Å². The van der Waals surface area contributed by atoms with Crippen molar-refractivity contribution in [3.8, 4) is 17.5 Å². The van der Waals surface area contributed by atoms with Crippen LogP contribution >= 0.6 is 35.0 Å². The molecule has 8 nitrogen and oxygen atoms in total. The highest BCUT2D eigenvalue weighted by Crippen LogP contribution is 2.36. The summed E-state index contributed by atoms with van der Waals surface area (Å²) in [5.41, 5.74) is 0.630.